The van der Waals surface area contributed by atoms with E-state index in [1.54, 1.807) is 0 Å². The van der Waals surface area contributed by atoms with Gasteiger partial charge in [0.1, 0.15) is 18.0 Å². The lowest BCUT2D eigenvalue weighted by atomic mass is 9.98. The maximum atomic E-state index is 15.4. The first kappa shape index (κ1) is 20.9. The van der Waals surface area contributed by atoms with E-state index in [1.807, 2.05) is 11.8 Å². The van der Waals surface area contributed by atoms with Crippen LogP contribution in [-0.2, 0) is 27.8 Å². The van der Waals surface area contributed by atoms with Crippen molar-refractivity contribution < 1.29 is 22.7 Å². The van der Waals surface area contributed by atoms with Gasteiger partial charge >= 0.3 is 10.2 Å². The monoisotopic (exact) mass is 413 g/mol. The van der Waals surface area contributed by atoms with Gasteiger partial charge < -0.3 is 10.0 Å². The number of rotatable bonds is 5. The molecular weight excluding hydrogens is 385 g/mol. The van der Waals surface area contributed by atoms with Gasteiger partial charge in [0.25, 0.3) is 5.91 Å². The summed E-state index contributed by atoms with van der Waals surface area (Å²) in [6.07, 6.45) is 3.88. The SMILES string of the molecule is CC(C)CCN(C)C1CCCc2cc(O)c(N3CC(=O)NS3(=O)=O)c(F)c2C1. The van der Waals surface area contributed by atoms with Crippen LogP contribution in [0.5, 0.6) is 5.75 Å². The quantitative estimate of drug-likeness (QED) is 0.720. The largest absolute Gasteiger partial charge is 0.506 e. The number of aryl methyl sites for hydroxylation is 1. The molecule has 1 atom stereocenters. The van der Waals surface area contributed by atoms with E-state index in [1.165, 1.54) is 6.07 Å². The molecule has 1 unspecified atom stereocenters. The number of halogens is 1. The summed E-state index contributed by atoms with van der Waals surface area (Å²) in [7, 11) is -2.16. The summed E-state index contributed by atoms with van der Waals surface area (Å²) in [4.78, 5) is 13.8. The van der Waals surface area contributed by atoms with Gasteiger partial charge in [-0.1, -0.05) is 13.8 Å². The van der Waals surface area contributed by atoms with E-state index in [-0.39, 0.29) is 6.04 Å². The predicted molar refractivity (Wildman–Crippen MR) is 105 cm³/mol. The Morgan fingerprint density at radius 1 is 1.43 bits per heavy atom. The number of phenols is 1. The molecule has 1 aliphatic carbocycles. The van der Waals surface area contributed by atoms with Gasteiger partial charge in [0, 0.05) is 6.04 Å². The molecule has 7 nitrogen and oxygen atoms in total. The second kappa shape index (κ2) is 7.87. The molecule has 1 amide bonds. The van der Waals surface area contributed by atoms with Gasteiger partial charge in [-0.2, -0.15) is 8.42 Å². The topological polar surface area (TPSA) is 89.9 Å². The molecule has 0 spiro atoms. The Bertz CT molecular complexity index is 872. The van der Waals surface area contributed by atoms with Crippen molar-refractivity contribution >= 4 is 21.8 Å². The van der Waals surface area contributed by atoms with Crippen molar-refractivity contribution in [3.05, 3.63) is 23.0 Å². The summed E-state index contributed by atoms with van der Waals surface area (Å²) in [5, 5.41) is 10.3. The summed E-state index contributed by atoms with van der Waals surface area (Å²) in [6.45, 7) is 4.69. The lowest BCUT2D eigenvalue weighted by Gasteiger charge is -2.28. The number of hydrogen-bond acceptors (Lipinski definition) is 5. The molecule has 2 N–H and O–H groups in total. The van der Waals surface area contributed by atoms with Gasteiger partial charge in [-0.3, -0.25) is 4.79 Å². The molecule has 2 aliphatic rings. The van der Waals surface area contributed by atoms with Crippen molar-refractivity contribution in [3.8, 4) is 5.75 Å². The number of hydrogen-bond donors (Lipinski definition) is 2. The number of carbonyl (C=O) groups excluding carboxylic acids is 1. The summed E-state index contributed by atoms with van der Waals surface area (Å²) in [5.41, 5.74) is 0.693. The van der Waals surface area contributed by atoms with Crippen LogP contribution in [0.1, 0.15) is 44.2 Å². The second-order valence-corrected chi connectivity index (χ2v) is 9.74. The molecule has 1 aromatic rings. The molecule has 28 heavy (non-hydrogen) atoms. The average Bonchev–Trinajstić information content (AvgIpc) is 2.75. The number of fused-ring (bicyclic) bond motifs is 1. The highest BCUT2D eigenvalue weighted by Gasteiger charge is 2.39. The van der Waals surface area contributed by atoms with E-state index in [4.69, 9.17) is 0 Å². The third-order valence-electron chi connectivity index (χ3n) is 5.59. The van der Waals surface area contributed by atoms with Gasteiger partial charge in [0.15, 0.2) is 5.82 Å². The molecule has 0 bridgehead atoms. The first-order chi connectivity index (χ1) is 13.1. The number of nitrogens with one attached hydrogen (secondary N) is 1. The molecule has 0 saturated carbocycles. The molecule has 0 aromatic heterocycles. The van der Waals surface area contributed by atoms with E-state index in [2.05, 4.69) is 18.7 Å². The zero-order valence-corrected chi connectivity index (χ0v) is 17.4. The summed E-state index contributed by atoms with van der Waals surface area (Å²) >= 11 is 0. The number of carbonyl (C=O) groups is 1. The average molecular weight is 414 g/mol. The molecule has 1 aliphatic heterocycles. The lowest BCUT2D eigenvalue weighted by Crippen LogP contribution is -2.35. The Morgan fingerprint density at radius 3 is 2.75 bits per heavy atom. The molecule has 1 fully saturated rings. The highest BCUT2D eigenvalue weighted by atomic mass is 32.2. The Kier molecular flexibility index (Phi) is 5.86. The molecular formula is C19H28FN3O4S. The standard InChI is InChI=1S/C19H28FN3O4S/c1-12(2)7-8-22(3)14-6-4-5-13-9-16(24)19(18(20)15(13)10-14)23-11-17(25)21-28(23,26)27/h9,12,14,24H,4-8,10-11H2,1-3H3,(H,21,25). The minimum Gasteiger partial charge on any atom is -0.506 e. The number of nitrogens with zero attached hydrogens (tertiary/aromatic N) is 2. The Labute approximate surface area is 165 Å². The van der Waals surface area contributed by atoms with Crippen molar-refractivity contribution in [2.24, 2.45) is 5.92 Å². The van der Waals surface area contributed by atoms with E-state index in [9.17, 15) is 18.3 Å². The van der Waals surface area contributed by atoms with Crippen LogP contribution in [0.2, 0.25) is 0 Å². The van der Waals surface area contributed by atoms with Crippen LogP contribution in [0, 0.1) is 11.7 Å². The number of likely N-dealkylation sites (N-methyl/N-ethyl adjacent to an activating group) is 1. The van der Waals surface area contributed by atoms with Gasteiger partial charge in [-0.25, -0.2) is 13.4 Å². The number of anilines is 1. The first-order valence-corrected chi connectivity index (χ1v) is 11.1. The Hall–Kier alpha value is -1.87. The number of amides is 1. The highest BCUT2D eigenvalue weighted by molar-refractivity contribution is 7.92. The van der Waals surface area contributed by atoms with Crippen LogP contribution in [0.4, 0.5) is 10.1 Å². The van der Waals surface area contributed by atoms with E-state index in [0.717, 1.165) is 25.8 Å². The van der Waals surface area contributed by atoms with E-state index >= 15 is 4.39 Å². The zero-order chi connectivity index (χ0) is 20.6. The van der Waals surface area contributed by atoms with Gasteiger partial charge in [-0.05, 0) is 68.8 Å². The molecule has 1 aromatic carbocycles. The van der Waals surface area contributed by atoms with Gasteiger partial charge in [0.05, 0.1) is 0 Å². The maximum Gasteiger partial charge on any atom is 0.326 e. The summed E-state index contributed by atoms with van der Waals surface area (Å²) < 4.78 is 42.2. The van der Waals surface area contributed by atoms with E-state index < -0.39 is 39.9 Å². The molecule has 1 saturated heterocycles. The van der Waals surface area contributed by atoms with Crippen LogP contribution in [0.3, 0.4) is 0 Å². The van der Waals surface area contributed by atoms with Crippen molar-refractivity contribution in [2.75, 3.05) is 24.4 Å². The number of benzene rings is 1. The number of phenolic OH excluding ortho intramolecular Hbond substituents is 1. The fourth-order valence-corrected chi connectivity index (χ4v) is 5.09. The Morgan fingerprint density at radius 2 is 2.14 bits per heavy atom. The molecule has 3 rings (SSSR count). The summed E-state index contributed by atoms with van der Waals surface area (Å²) in [5.74, 6) is -1.38. The number of aromatic hydroxyl groups is 1. The fraction of sp³-hybridized carbons (Fsp3) is 0.632. The van der Waals surface area contributed by atoms with Gasteiger partial charge in [0.2, 0.25) is 0 Å². The van der Waals surface area contributed by atoms with Crippen LogP contribution >= 0.6 is 0 Å². The molecule has 9 heteroatoms. The van der Waals surface area contributed by atoms with Crippen LogP contribution in [0.25, 0.3) is 0 Å². The zero-order valence-electron chi connectivity index (χ0n) is 16.5. The fourth-order valence-electron chi connectivity index (χ4n) is 3.93. The smallest absolute Gasteiger partial charge is 0.326 e. The molecule has 0 radical (unpaired) electrons. The normalized spacial score (nSPS) is 21.7. The van der Waals surface area contributed by atoms with Crippen LogP contribution < -0.4 is 9.03 Å². The van der Waals surface area contributed by atoms with Crippen molar-refractivity contribution in [2.45, 2.75) is 52.0 Å². The lowest BCUT2D eigenvalue weighted by molar-refractivity contribution is -0.117. The highest BCUT2D eigenvalue weighted by Crippen LogP contribution is 2.39. The third-order valence-corrected chi connectivity index (χ3v) is 6.97. The van der Waals surface area contributed by atoms with Crippen LogP contribution in [-0.4, -0.2) is 50.5 Å². The first-order valence-electron chi connectivity index (χ1n) is 9.67. The van der Waals surface area contributed by atoms with Crippen LogP contribution in [0.15, 0.2) is 6.07 Å². The minimum absolute atomic E-state index is 0.141. The predicted octanol–water partition coefficient (Wildman–Crippen LogP) is 1.94. The molecule has 156 valence electrons. The third kappa shape index (κ3) is 4.10. The maximum absolute atomic E-state index is 15.4. The van der Waals surface area contributed by atoms with Gasteiger partial charge in [-0.15, -0.1) is 0 Å². The second-order valence-electron chi connectivity index (χ2n) is 8.15. The van der Waals surface area contributed by atoms with Crippen molar-refractivity contribution in [1.82, 2.24) is 9.62 Å². The van der Waals surface area contributed by atoms with Crippen molar-refractivity contribution in [3.63, 3.8) is 0 Å². The van der Waals surface area contributed by atoms with E-state index in [0.29, 0.717) is 34.2 Å². The summed E-state index contributed by atoms with van der Waals surface area (Å²) in [6, 6.07) is 1.59. The molecule has 1 heterocycles. The van der Waals surface area contributed by atoms with Crippen molar-refractivity contribution in [1.29, 1.82) is 0 Å². The Balaban J connectivity index is 1.95. The minimum atomic E-state index is -4.19.